The van der Waals surface area contributed by atoms with E-state index in [9.17, 15) is 14.4 Å². The number of aromatic nitrogens is 1. The summed E-state index contributed by atoms with van der Waals surface area (Å²) in [6.45, 7) is 1.63. The summed E-state index contributed by atoms with van der Waals surface area (Å²) in [5, 5.41) is 2.42. The molecule has 2 heterocycles. The number of nitrogens with zero attached hydrogens (tertiary/aromatic N) is 1. The summed E-state index contributed by atoms with van der Waals surface area (Å²) in [6.07, 6.45) is 0. The molecule has 0 saturated heterocycles. The molecule has 1 aliphatic heterocycles. The Morgan fingerprint density at radius 1 is 1.50 bits per heavy atom. The lowest BCUT2D eigenvalue weighted by Gasteiger charge is -2.22. The van der Waals surface area contributed by atoms with Gasteiger partial charge in [0, 0.05) is 5.69 Å². The summed E-state index contributed by atoms with van der Waals surface area (Å²) in [7, 11) is 6.75. The van der Waals surface area contributed by atoms with Gasteiger partial charge in [-0.1, -0.05) is 5.46 Å². The molecule has 1 N–H and O–H groups in total. The maximum Gasteiger partial charge on any atom is 0.326 e. The van der Waals surface area contributed by atoms with Gasteiger partial charge >= 0.3 is 5.97 Å². The molecule has 0 bridgehead atoms. The van der Waals surface area contributed by atoms with Crippen LogP contribution in [0.4, 0.5) is 5.69 Å². The Hall–Kier alpha value is -2.18. The number of ether oxygens (including phenoxy) is 1. The molecule has 1 aliphatic rings. The largest absolute Gasteiger partial charge is 0.468 e. The van der Waals surface area contributed by atoms with E-state index in [4.69, 9.17) is 7.85 Å². The molecule has 1 amide bonds. The standard InChI is InChI=1S/C11H9BN2O4/c1-4-5(12)3-6-8(13-4)9(15)7(10(16)14-6)11(17)18-2/h3,7H,1-2H3,(H,14,16). The molecule has 1 aromatic heterocycles. The molecule has 1 unspecified atom stereocenters. The summed E-state index contributed by atoms with van der Waals surface area (Å²) < 4.78 is 4.43. The Morgan fingerprint density at radius 2 is 2.17 bits per heavy atom. The number of carbonyl (C=O) groups excluding carboxylic acids is 3. The Morgan fingerprint density at radius 3 is 2.78 bits per heavy atom. The lowest BCUT2D eigenvalue weighted by atomic mass is 9.89. The van der Waals surface area contributed by atoms with Crippen molar-refractivity contribution in [2.24, 2.45) is 5.92 Å². The molecular weight excluding hydrogens is 235 g/mol. The van der Waals surface area contributed by atoms with Crippen molar-refractivity contribution < 1.29 is 19.1 Å². The normalized spacial score (nSPS) is 18.0. The lowest BCUT2D eigenvalue weighted by Crippen LogP contribution is -2.42. The van der Waals surface area contributed by atoms with Gasteiger partial charge in [0.1, 0.15) is 13.5 Å². The minimum atomic E-state index is -1.50. The molecule has 1 atom stereocenters. The number of hydrogen-bond donors (Lipinski definition) is 1. The second kappa shape index (κ2) is 4.25. The second-order valence-corrected chi connectivity index (χ2v) is 3.87. The van der Waals surface area contributed by atoms with Gasteiger partial charge in [-0.05, 0) is 13.0 Å². The van der Waals surface area contributed by atoms with Gasteiger partial charge in [-0.15, -0.1) is 0 Å². The Kier molecular flexibility index (Phi) is 2.90. The molecule has 0 spiro atoms. The highest BCUT2D eigenvalue weighted by molar-refractivity contribution is 6.35. The Balaban J connectivity index is 2.53. The number of pyridine rings is 1. The fraction of sp³-hybridized carbons (Fsp3) is 0.273. The van der Waals surface area contributed by atoms with Crippen LogP contribution in [0.25, 0.3) is 0 Å². The molecule has 2 radical (unpaired) electrons. The smallest absolute Gasteiger partial charge is 0.326 e. The molecule has 0 aromatic carbocycles. The fourth-order valence-electron chi connectivity index (χ4n) is 1.70. The molecular formula is C11H9BN2O4. The van der Waals surface area contributed by atoms with Crippen molar-refractivity contribution in [2.75, 3.05) is 12.4 Å². The van der Waals surface area contributed by atoms with Crippen LogP contribution in [0.1, 0.15) is 16.2 Å². The highest BCUT2D eigenvalue weighted by Crippen LogP contribution is 2.24. The van der Waals surface area contributed by atoms with E-state index in [1.165, 1.54) is 6.07 Å². The first-order valence-electron chi connectivity index (χ1n) is 5.15. The zero-order chi connectivity index (χ0) is 13.4. The van der Waals surface area contributed by atoms with E-state index in [1.807, 2.05) is 0 Å². The number of carbonyl (C=O) groups is 3. The molecule has 0 aliphatic carbocycles. The van der Waals surface area contributed by atoms with Crippen LogP contribution in [0.2, 0.25) is 0 Å². The lowest BCUT2D eigenvalue weighted by molar-refractivity contribution is -0.146. The van der Waals surface area contributed by atoms with Crippen molar-refractivity contribution in [3.63, 3.8) is 0 Å². The number of amides is 1. The summed E-state index contributed by atoms with van der Waals surface area (Å²) in [5.41, 5.74) is 1.06. The number of rotatable bonds is 1. The zero-order valence-electron chi connectivity index (χ0n) is 9.81. The van der Waals surface area contributed by atoms with Crippen molar-refractivity contribution in [1.29, 1.82) is 0 Å². The van der Waals surface area contributed by atoms with E-state index in [0.717, 1.165) is 7.11 Å². The van der Waals surface area contributed by atoms with E-state index in [1.54, 1.807) is 6.92 Å². The van der Waals surface area contributed by atoms with E-state index < -0.39 is 23.6 Å². The van der Waals surface area contributed by atoms with Crippen molar-refractivity contribution in [3.8, 4) is 0 Å². The number of nitrogens with one attached hydrogen (secondary N) is 1. The SMILES string of the molecule is [B]c1cc2c(nc1C)C(=O)C(C(=O)OC)C(=O)N2. The van der Waals surface area contributed by atoms with Gasteiger partial charge in [-0.3, -0.25) is 14.4 Å². The molecule has 1 aromatic rings. The Labute approximate surface area is 104 Å². The topological polar surface area (TPSA) is 85.4 Å². The highest BCUT2D eigenvalue weighted by atomic mass is 16.5. The van der Waals surface area contributed by atoms with E-state index in [0.29, 0.717) is 11.2 Å². The molecule has 7 heteroatoms. The van der Waals surface area contributed by atoms with Crippen LogP contribution in [0.15, 0.2) is 6.07 Å². The Bertz CT molecular complexity index is 570. The first-order chi connectivity index (χ1) is 8.45. The van der Waals surface area contributed by atoms with Crippen LogP contribution in [-0.2, 0) is 14.3 Å². The van der Waals surface area contributed by atoms with Crippen LogP contribution >= 0.6 is 0 Å². The number of Topliss-reactive ketones (excluding diaryl/α,β-unsaturated/α-hetero) is 1. The predicted molar refractivity (Wildman–Crippen MR) is 62.8 cm³/mol. The van der Waals surface area contributed by atoms with Gasteiger partial charge in [0.05, 0.1) is 12.8 Å². The third-order valence-corrected chi connectivity index (χ3v) is 2.70. The van der Waals surface area contributed by atoms with E-state index in [2.05, 4.69) is 15.0 Å². The van der Waals surface area contributed by atoms with Crippen LogP contribution in [0.3, 0.4) is 0 Å². The van der Waals surface area contributed by atoms with Gasteiger partial charge in [-0.25, -0.2) is 4.98 Å². The van der Waals surface area contributed by atoms with Crippen LogP contribution in [0, 0.1) is 12.8 Å². The molecule has 2 rings (SSSR count). The molecule has 0 saturated carbocycles. The number of esters is 1. The quantitative estimate of drug-likeness (QED) is 0.393. The van der Waals surface area contributed by atoms with Gasteiger partial charge in [-0.2, -0.15) is 0 Å². The zero-order valence-corrected chi connectivity index (χ0v) is 9.81. The van der Waals surface area contributed by atoms with Crippen molar-refractivity contribution in [3.05, 3.63) is 17.5 Å². The monoisotopic (exact) mass is 244 g/mol. The van der Waals surface area contributed by atoms with Gasteiger partial charge in [0.15, 0.2) is 5.92 Å². The minimum Gasteiger partial charge on any atom is -0.468 e. The summed E-state index contributed by atoms with van der Waals surface area (Å²) in [4.78, 5) is 39.1. The van der Waals surface area contributed by atoms with E-state index in [-0.39, 0.29) is 11.4 Å². The number of methoxy groups -OCH3 is 1. The first kappa shape index (κ1) is 12.3. The summed E-state index contributed by atoms with van der Waals surface area (Å²) >= 11 is 0. The van der Waals surface area contributed by atoms with Crippen LogP contribution in [0.5, 0.6) is 0 Å². The molecule has 18 heavy (non-hydrogen) atoms. The number of hydrogen-bond acceptors (Lipinski definition) is 5. The number of aryl methyl sites for hydroxylation is 1. The number of anilines is 1. The maximum absolute atomic E-state index is 12.0. The van der Waals surface area contributed by atoms with E-state index >= 15 is 0 Å². The maximum atomic E-state index is 12.0. The fourth-order valence-corrected chi connectivity index (χ4v) is 1.70. The van der Waals surface area contributed by atoms with Crippen molar-refractivity contribution in [2.45, 2.75) is 6.92 Å². The summed E-state index contributed by atoms with van der Waals surface area (Å²) in [5.74, 6) is -3.81. The third-order valence-electron chi connectivity index (χ3n) is 2.70. The predicted octanol–water partition coefficient (Wildman–Crippen LogP) is -0.892. The van der Waals surface area contributed by atoms with Gasteiger partial charge in [0.2, 0.25) is 11.7 Å². The van der Waals surface area contributed by atoms with Crippen LogP contribution in [-0.4, -0.2) is 37.6 Å². The van der Waals surface area contributed by atoms with Crippen LogP contribution < -0.4 is 10.8 Å². The summed E-state index contributed by atoms with van der Waals surface area (Å²) in [6, 6.07) is 1.45. The minimum absolute atomic E-state index is 0.0247. The van der Waals surface area contributed by atoms with Gasteiger partial charge < -0.3 is 10.1 Å². The number of ketones is 1. The first-order valence-corrected chi connectivity index (χ1v) is 5.15. The molecule has 6 nitrogen and oxygen atoms in total. The average molecular weight is 244 g/mol. The number of fused-ring (bicyclic) bond motifs is 1. The molecule has 0 fully saturated rings. The molecule has 90 valence electrons. The van der Waals surface area contributed by atoms with Crippen molar-refractivity contribution in [1.82, 2.24) is 4.98 Å². The second-order valence-electron chi connectivity index (χ2n) is 3.87. The third kappa shape index (κ3) is 1.77. The highest BCUT2D eigenvalue weighted by Gasteiger charge is 2.41. The average Bonchev–Trinajstić information content (AvgIpc) is 2.32. The van der Waals surface area contributed by atoms with Crippen molar-refractivity contribution >= 4 is 36.7 Å². The van der Waals surface area contributed by atoms with Gasteiger partial charge in [0.25, 0.3) is 0 Å².